The van der Waals surface area contributed by atoms with E-state index in [4.69, 9.17) is 14.2 Å². The topological polar surface area (TPSA) is 68.2 Å². The number of benzene rings is 1. The van der Waals surface area contributed by atoms with Crippen molar-refractivity contribution in [1.82, 2.24) is 0 Å². The molecule has 2 aliphatic heterocycles. The summed E-state index contributed by atoms with van der Waals surface area (Å²) < 4.78 is 17.6. The lowest BCUT2D eigenvalue weighted by Gasteiger charge is -2.27. The summed E-state index contributed by atoms with van der Waals surface area (Å²) in [5, 5.41) is 20.2. The number of rotatable bonds is 7. The molecule has 4 rings (SSSR count). The van der Waals surface area contributed by atoms with E-state index in [1.807, 2.05) is 6.07 Å². The number of aryl methyl sites for hydroxylation is 1. The van der Waals surface area contributed by atoms with Crippen molar-refractivity contribution in [3.8, 4) is 0 Å². The first-order valence-corrected chi connectivity index (χ1v) is 10.7. The molecule has 1 aromatic carbocycles. The van der Waals surface area contributed by atoms with E-state index >= 15 is 0 Å². The van der Waals surface area contributed by atoms with Crippen molar-refractivity contribution in [3.63, 3.8) is 0 Å². The van der Waals surface area contributed by atoms with E-state index in [1.165, 1.54) is 5.56 Å². The van der Waals surface area contributed by atoms with Crippen LogP contribution >= 0.6 is 0 Å². The largest absolute Gasteiger partial charge is 0.392 e. The molecule has 0 bridgehead atoms. The summed E-state index contributed by atoms with van der Waals surface area (Å²) in [6.45, 7) is 0.764. The minimum atomic E-state index is -0.695. The van der Waals surface area contributed by atoms with E-state index < -0.39 is 12.4 Å². The molecule has 5 nitrogen and oxygen atoms in total. The second-order valence-corrected chi connectivity index (χ2v) is 8.29. The standard InChI is InChI=1S/C23H32O5/c24-20-15-21-19(14-22(25)28-21)18(20)12-11-17(27-23-8-4-5-13-26-23)10-9-16-6-2-1-3-7-16/h1-3,6-7,11-12,17-25H,4-5,8-10,13-15H2/t17-,18+,19+,20+,21-,22?,23?/m0/s1. The van der Waals surface area contributed by atoms with E-state index in [0.717, 1.165) is 38.7 Å². The lowest BCUT2D eigenvalue weighted by Crippen LogP contribution is -2.28. The molecule has 154 valence electrons. The Labute approximate surface area is 167 Å². The summed E-state index contributed by atoms with van der Waals surface area (Å²) in [4.78, 5) is 0. The molecule has 5 heteroatoms. The molecule has 28 heavy (non-hydrogen) atoms. The maximum atomic E-state index is 10.4. The fourth-order valence-corrected chi connectivity index (χ4v) is 4.76. The maximum absolute atomic E-state index is 10.4. The van der Waals surface area contributed by atoms with Gasteiger partial charge in [-0.3, -0.25) is 0 Å². The van der Waals surface area contributed by atoms with Gasteiger partial charge in [0.2, 0.25) is 0 Å². The van der Waals surface area contributed by atoms with Gasteiger partial charge in [0.1, 0.15) is 0 Å². The van der Waals surface area contributed by atoms with Crippen LogP contribution in [0.15, 0.2) is 42.5 Å². The molecule has 7 atom stereocenters. The van der Waals surface area contributed by atoms with Gasteiger partial charge in [-0.2, -0.15) is 0 Å². The Hall–Kier alpha value is -1.24. The van der Waals surface area contributed by atoms with Crippen molar-refractivity contribution >= 4 is 0 Å². The second-order valence-electron chi connectivity index (χ2n) is 8.29. The Morgan fingerprint density at radius 1 is 1.14 bits per heavy atom. The van der Waals surface area contributed by atoms with E-state index in [1.54, 1.807) is 0 Å². The van der Waals surface area contributed by atoms with Gasteiger partial charge < -0.3 is 24.4 Å². The van der Waals surface area contributed by atoms with Gasteiger partial charge in [-0.05, 0) is 43.6 Å². The predicted octanol–water partition coefficient (Wildman–Crippen LogP) is 3.19. The zero-order chi connectivity index (χ0) is 19.3. The Balaban J connectivity index is 1.40. The Bertz CT molecular complexity index is 627. The monoisotopic (exact) mass is 388 g/mol. The second kappa shape index (κ2) is 9.51. The number of aliphatic hydroxyl groups is 2. The van der Waals surface area contributed by atoms with Crippen LogP contribution in [0.1, 0.15) is 44.1 Å². The first-order chi connectivity index (χ1) is 13.7. The Morgan fingerprint density at radius 3 is 2.79 bits per heavy atom. The number of ether oxygens (including phenoxy) is 3. The zero-order valence-corrected chi connectivity index (χ0v) is 16.4. The van der Waals surface area contributed by atoms with Gasteiger partial charge in [0.15, 0.2) is 12.6 Å². The van der Waals surface area contributed by atoms with Crippen molar-refractivity contribution in [2.24, 2.45) is 11.8 Å². The lowest BCUT2D eigenvalue weighted by atomic mass is 9.91. The third-order valence-electron chi connectivity index (χ3n) is 6.27. The van der Waals surface area contributed by atoms with Crippen LogP contribution in [0.3, 0.4) is 0 Å². The van der Waals surface area contributed by atoms with Crippen molar-refractivity contribution < 1.29 is 24.4 Å². The van der Waals surface area contributed by atoms with Crippen molar-refractivity contribution in [2.45, 2.75) is 75.8 Å². The van der Waals surface area contributed by atoms with Crippen LogP contribution < -0.4 is 0 Å². The molecule has 3 aliphatic rings. The van der Waals surface area contributed by atoms with E-state index in [2.05, 4.69) is 36.4 Å². The minimum Gasteiger partial charge on any atom is -0.392 e. The summed E-state index contributed by atoms with van der Waals surface area (Å²) in [5.41, 5.74) is 1.29. The van der Waals surface area contributed by atoms with Gasteiger partial charge in [0, 0.05) is 25.4 Å². The maximum Gasteiger partial charge on any atom is 0.158 e. The van der Waals surface area contributed by atoms with Crippen LogP contribution in [0.4, 0.5) is 0 Å². The van der Waals surface area contributed by atoms with E-state index in [9.17, 15) is 10.2 Å². The van der Waals surface area contributed by atoms with Crippen molar-refractivity contribution in [3.05, 3.63) is 48.0 Å². The van der Waals surface area contributed by atoms with Crippen LogP contribution in [0.2, 0.25) is 0 Å². The summed E-state index contributed by atoms with van der Waals surface area (Å²) in [7, 11) is 0. The van der Waals surface area contributed by atoms with E-state index in [0.29, 0.717) is 12.8 Å². The van der Waals surface area contributed by atoms with Crippen LogP contribution in [0.25, 0.3) is 0 Å². The van der Waals surface area contributed by atoms with Gasteiger partial charge in [-0.15, -0.1) is 0 Å². The fraction of sp³-hybridized carbons (Fsp3) is 0.652. The van der Waals surface area contributed by atoms with Gasteiger partial charge >= 0.3 is 0 Å². The molecular weight excluding hydrogens is 356 g/mol. The fourth-order valence-electron chi connectivity index (χ4n) is 4.76. The molecule has 0 spiro atoms. The molecule has 0 aromatic heterocycles. The van der Waals surface area contributed by atoms with E-state index in [-0.39, 0.29) is 30.3 Å². The highest BCUT2D eigenvalue weighted by Gasteiger charge is 2.47. The first kappa shape index (κ1) is 20.0. The van der Waals surface area contributed by atoms with Crippen LogP contribution in [0.5, 0.6) is 0 Å². The van der Waals surface area contributed by atoms with Gasteiger partial charge in [0.05, 0.1) is 18.3 Å². The number of aliphatic hydroxyl groups excluding tert-OH is 2. The van der Waals surface area contributed by atoms with Crippen molar-refractivity contribution in [1.29, 1.82) is 0 Å². The molecule has 2 heterocycles. The molecule has 1 saturated carbocycles. The zero-order valence-electron chi connectivity index (χ0n) is 16.4. The van der Waals surface area contributed by atoms with Gasteiger partial charge in [-0.25, -0.2) is 0 Å². The summed E-state index contributed by atoms with van der Waals surface area (Å²) in [5.74, 6) is 0.194. The average Bonchev–Trinajstić information content (AvgIpc) is 3.20. The Morgan fingerprint density at radius 2 is 2.00 bits per heavy atom. The summed E-state index contributed by atoms with van der Waals surface area (Å²) >= 11 is 0. The Kier molecular flexibility index (Phi) is 6.81. The van der Waals surface area contributed by atoms with Gasteiger partial charge in [0.25, 0.3) is 0 Å². The number of fused-ring (bicyclic) bond motifs is 1. The summed E-state index contributed by atoms with van der Waals surface area (Å²) in [6.07, 6.45) is 9.02. The third-order valence-corrected chi connectivity index (χ3v) is 6.27. The SMILES string of the molecule is OC1C[C@@H]2[C@@H](C=C[C@H](CCc3ccccc3)OC3CCCCO3)[C@H](O)C[C@@H]2O1. The molecule has 1 aliphatic carbocycles. The first-order valence-electron chi connectivity index (χ1n) is 10.7. The summed E-state index contributed by atoms with van der Waals surface area (Å²) in [6, 6.07) is 10.4. The number of hydrogen-bond acceptors (Lipinski definition) is 5. The average molecular weight is 389 g/mol. The van der Waals surface area contributed by atoms with Gasteiger partial charge in [-0.1, -0.05) is 42.5 Å². The number of hydrogen-bond donors (Lipinski definition) is 2. The smallest absolute Gasteiger partial charge is 0.158 e. The lowest BCUT2D eigenvalue weighted by molar-refractivity contribution is -0.179. The molecule has 2 saturated heterocycles. The minimum absolute atomic E-state index is 0.0113. The molecule has 2 unspecified atom stereocenters. The molecule has 0 amide bonds. The molecule has 0 radical (unpaired) electrons. The molecule has 1 aromatic rings. The van der Waals surface area contributed by atoms with Crippen LogP contribution in [-0.2, 0) is 20.6 Å². The third kappa shape index (κ3) is 5.02. The predicted molar refractivity (Wildman–Crippen MR) is 105 cm³/mol. The van der Waals surface area contributed by atoms with Crippen molar-refractivity contribution in [2.75, 3.05) is 6.61 Å². The quantitative estimate of drug-likeness (QED) is 0.702. The highest BCUT2D eigenvalue weighted by molar-refractivity contribution is 5.15. The molecular formula is C23H32O5. The molecule has 2 N–H and O–H groups in total. The normalized spacial score (nSPS) is 36.6. The highest BCUT2D eigenvalue weighted by Crippen LogP contribution is 2.43. The van der Waals surface area contributed by atoms with Crippen LogP contribution in [0, 0.1) is 11.8 Å². The molecule has 3 fully saturated rings. The highest BCUT2D eigenvalue weighted by atomic mass is 16.7. The van der Waals surface area contributed by atoms with Crippen LogP contribution in [-0.4, -0.2) is 47.7 Å².